The van der Waals surface area contributed by atoms with Crippen LogP contribution in [0.3, 0.4) is 0 Å². The molecule has 0 aliphatic carbocycles. The van der Waals surface area contributed by atoms with Crippen molar-refractivity contribution in [1.29, 1.82) is 0 Å². The minimum atomic E-state index is -0.671. The number of hydrogen-bond donors (Lipinski definition) is 0. The Hall–Kier alpha value is -3.55. The molecule has 2 aromatic rings. The van der Waals surface area contributed by atoms with Gasteiger partial charge in [-0.15, -0.1) is 0 Å². The van der Waals surface area contributed by atoms with Crippen molar-refractivity contribution >= 4 is 12.1 Å². The zero-order valence-corrected chi connectivity index (χ0v) is 22.3. The highest BCUT2D eigenvalue weighted by molar-refractivity contribution is 5.86. The van der Waals surface area contributed by atoms with Gasteiger partial charge < -0.3 is 23.7 Å². The first-order chi connectivity index (χ1) is 18.4. The van der Waals surface area contributed by atoms with Gasteiger partial charge in [0.2, 0.25) is 0 Å². The first-order valence-electron chi connectivity index (χ1n) is 13.2. The highest BCUT2D eigenvalue weighted by atomic mass is 19.1. The van der Waals surface area contributed by atoms with Gasteiger partial charge in [-0.2, -0.15) is 0 Å². The van der Waals surface area contributed by atoms with Crippen LogP contribution in [0.5, 0.6) is 11.5 Å². The summed E-state index contributed by atoms with van der Waals surface area (Å²) < 4.78 is 41.5. The van der Waals surface area contributed by atoms with Crippen molar-refractivity contribution < 1.29 is 37.7 Å². The van der Waals surface area contributed by atoms with E-state index in [4.69, 9.17) is 23.7 Å². The van der Waals surface area contributed by atoms with Crippen LogP contribution < -0.4 is 9.47 Å². The Kier molecular flexibility index (Phi) is 11.5. The molecule has 1 heterocycles. The number of benzene rings is 2. The molecule has 206 valence electrons. The third-order valence-corrected chi connectivity index (χ3v) is 6.10. The molecule has 0 radical (unpaired) electrons. The molecule has 0 unspecified atom stereocenters. The van der Waals surface area contributed by atoms with Crippen LogP contribution in [0.25, 0.3) is 11.1 Å². The second-order valence-electron chi connectivity index (χ2n) is 9.45. The Bertz CT molecular complexity index is 1090. The quantitative estimate of drug-likeness (QED) is 0.145. The SMILES string of the molecule is C=C(C)C(=O)OCCCc1cc(-c2ccc(OCCCCCC)c(F)c2)ccc1OCC1COC(=O)OC1. The molecule has 8 heteroatoms. The highest BCUT2D eigenvalue weighted by Crippen LogP contribution is 2.31. The van der Waals surface area contributed by atoms with E-state index in [2.05, 4.69) is 13.5 Å². The van der Waals surface area contributed by atoms with Crippen molar-refractivity contribution in [3.05, 3.63) is 59.9 Å². The van der Waals surface area contributed by atoms with Crippen molar-refractivity contribution in [1.82, 2.24) is 0 Å². The van der Waals surface area contributed by atoms with Gasteiger partial charge in [-0.3, -0.25) is 0 Å². The Morgan fingerprint density at radius 2 is 1.68 bits per heavy atom. The van der Waals surface area contributed by atoms with Crippen molar-refractivity contribution in [3.63, 3.8) is 0 Å². The van der Waals surface area contributed by atoms with Gasteiger partial charge in [-0.25, -0.2) is 14.0 Å². The molecule has 0 saturated carbocycles. The summed E-state index contributed by atoms with van der Waals surface area (Å²) in [4.78, 5) is 22.8. The molecule has 0 atom stereocenters. The number of halogens is 1. The lowest BCUT2D eigenvalue weighted by molar-refractivity contribution is -0.139. The summed E-state index contributed by atoms with van der Waals surface area (Å²) in [6.45, 7) is 8.84. The maximum Gasteiger partial charge on any atom is 0.508 e. The predicted octanol–water partition coefficient (Wildman–Crippen LogP) is 6.67. The van der Waals surface area contributed by atoms with Crippen molar-refractivity contribution in [3.8, 4) is 22.6 Å². The number of unbranched alkanes of at least 4 members (excludes halogenated alkanes) is 3. The summed E-state index contributed by atoms with van der Waals surface area (Å²) in [5.41, 5.74) is 2.78. The Morgan fingerprint density at radius 3 is 2.37 bits per heavy atom. The third-order valence-electron chi connectivity index (χ3n) is 6.10. The molecule has 0 aromatic heterocycles. The predicted molar refractivity (Wildman–Crippen MR) is 142 cm³/mol. The Morgan fingerprint density at radius 1 is 0.974 bits per heavy atom. The zero-order valence-electron chi connectivity index (χ0n) is 22.3. The van der Waals surface area contributed by atoms with Gasteiger partial charge in [0.25, 0.3) is 0 Å². The monoisotopic (exact) mass is 528 g/mol. The van der Waals surface area contributed by atoms with Gasteiger partial charge >= 0.3 is 12.1 Å². The molecule has 1 aliphatic heterocycles. The topological polar surface area (TPSA) is 80.3 Å². The van der Waals surface area contributed by atoms with Crippen molar-refractivity contribution in [2.75, 3.05) is 33.0 Å². The van der Waals surface area contributed by atoms with Crippen molar-refractivity contribution in [2.24, 2.45) is 5.92 Å². The second-order valence-corrected chi connectivity index (χ2v) is 9.45. The number of ether oxygens (including phenoxy) is 5. The summed E-state index contributed by atoms with van der Waals surface area (Å²) >= 11 is 0. The lowest BCUT2D eigenvalue weighted by atomic mass is 9.99. The van der Waals surface area contributed by atoms with Crippen LogP contribution in [0.2, 0.25) is 0 Å². The molecule has 1 aliphatic rings. The molecule has 2 aromatic carbocycles. The fraction of sp³-hybridized carbons (Fsp3) is 0.467. The van der Waals surface area contributed by atoms with Gasteiger partial charge in [-0.05, 0) is 67.1 Å². The fourth-order valence-electron chi connectivity index (χ4n) is 3.92. The summed E-state index contributed by atoms with van der Waals surface area (Å²) in [5.74, 6) is -0.00598. The van der Waals surface area contributed by atoms with Gasteiger partial charge in [0, 0.05) is 5.57 Å². The largest absolute Gasteiger partial charge is 0.508 e. The molecule has 0 N–H and O–H groups in total. The maximum atomic E-state index is 14.8. The van der Waals surface area contributed by atoms with Gasteiger partial charge in [0.1, 0.15) is 19.0 Å². The first-order valence-corrected chi connectivity index (χ1v) is 13.2. The lowest BCUT2D eigenvalue weighted by Crippen LogP contribution is -2.31. The van der Waals surface area contributed by atoms with E-state index >= 15 is 0 Å². The number of esters is 1. The van der Waals surface area contributed by atoms with E-state index in [9.17, 15) is 14.0 Å². The molecule has 0 amide bonds. The normalized spacial score (nSPS) is 13.4. The van der Waals surface area contributed by atoms with E-state index in [0.717, 1.165) is 42.4 Å². The summed E-state index contributed by atoms with van der Waals surface area (Å²) in [6.07, 6.45) is 4.72. The van der Waals surface area contributed by atoms with Crippen LogP contribution in [0.4, 0.5) is 9.18 Å². The van der Waals surface area contributed by atoms with Crippen LogP contribution in [0.15, 0.2) is 48.6 Å². The van der Waals surface area contributed by atoms with E-state index in [0.29, 0.717) is 37.4 Å². The fourth-order valence-corrected chi connectivity index (χ4v) is 3.92. The first kappa shape index (κ1) is 29.0. The van der Waals surface area contributed by atoms with E-state index in [-0.39, 0.29) is 31.5 Å². The molecule has 0 spiro atoms. The Balaban J connectivity index is 1.69. The molecule has 1 saturated heterocycles. The number of aryl methyl sites for hydroxylation is 1. The number of hydrogen-bond acceptors (Lipinski definition) is 7. The van der Waals surface area contributed by atoms with Gasteiger partial charge in [0.15, 0.2) is 11.6 Å². The Labute approximate surface area is 223 Å². The minimum Gasteiger partial charge on any atom is -0.493 e. The molecule has 3 rings (SSSR count). The van der Waals surface area contributed by atoms with Crippen LogP contribution >= 0.6 is 0 Å². The molecular weight excluding hydrogens is 491 g/mol. The van der Waals surface area contributed by atoms with E-state index in [1.807, 2.05) is 24.3 Å². The summed E-state index contributed by atoms with van der Waals surface area (Å²) in [7, 11) is 0. The average molecular weight is 529 g/mol. The minimum absolute atomic E-state index is 0.0830. The second kappa shape index (κ2) is 15.0. The smallest absolute Gasteiger partial charge is 0.493 e. The molecule has 0 bridgehead atoms. The van der Waals surface area contributed by atoms with Crippen LogP contribution in [0, 0.1) is 11.7 Å². The van der Waals surface area contributed by atoms with E-state index in [1.54, 1.807) is 13.0 Å². The van der Waals surface area contributed by atoms with Crippen molar-refractivity contribution in [2.45, 2.75) is 52.4 Å². The van der Waals surface area contributed by atoms with Crippen LogP contribution in [-0.2, 0) is 25.4 Å². The lowest BCUT2D eigenvalue weighted by Gasteiger charge is -2.22. The molecule has 7 nitrogen and oxygen atoms in total. The molecular formula is C30H37FO7. The number of rotatable bonds is 15. The van der Waals surface area contributed by atoms with Gasteiger partial charge in [-0.1, -0.05) is 44.9 Å². The van der Waals surface area contributed by atoms with Crippen LogP contribution in [-0.4, -0.2) is 45.2 Å². The summed E-state index contributed by atoms with van der Waals surface area (Å²) in [5, 5.41) is 0. The zero-order chi connectivity index (χ0) is 27.3. The molecule has 1 fully saturated rings. The molecule has 38 heavy (non-hydrogen) atoms. The van der Waals surface area contributed by atoms with Gasteiger partial charge in [0.05, 0.1) is 25.7 Å². The number of carbonyl (C=O) groups is 2. The number of carbonyl (C=O) groups excluding carboxylic acids is 2. The van der Waals surface area contributed by atoms with E-state index < -0.39 is 17.9 Å². The maximum absolute atomic E-state index is 14.8. The summed E-state index contributed by atoms with van der Waals surface area (Å²) in [6, 6.07) is 10.6. The van der Waals surface area contributed by atoms with Crippen LogP contribution in [0.1, 0.15) is 51.5 Å². The van der Waals surface area contributed by atoms with E-state index in [1.165, 1.54) is 6.07 Å². The average Bonchev–Trinajstić information content (AvgIpc) is 2.91. The standard InChI is InChI=1S/C30H37FO7/c1-4-5-6-7-14-34-28-13-11-24(17-26(28)31)23-10-12-27(36-18-22-19-37-30(33)38-20-22)25(16-23)9-8-15-35-29(32)21(2)3/h10-13,16-17,22H,2,4-9,14-15,18-20H2,1,3H3. The highest BCUT2D eigenvalue weighted by Gasteiger charge is 2.22. The third kappa shape index (κ3) is 9.08. The number of cyclic esters (lactones) is 2.